The van der Waals surface area contributed by atoms with Gasteiger partial charge in [-0.3, -0.25) is 0 Å². The fraction of sp³-hybridized carbons (Fsp3) is 0. The van der Waals surface area contributed by atoms with Crippen LogP contribution < -0.4 is 0 Å². The molecular formula is C4H8Cu2O4. The molecule has 0 rings (SSSR count). The van der Waals surface area contributed by atoms with Gasteiger partial charge in [0.1, 0.15) is 0 Å². The summed E-state index contributed by atoms with van der Waals surface area (Å²) in [5, 5.41) is 14.8. The van der Waals surface area contributed by atoms with Crippen molar-refractivity contribution in [3.8, 4) is 0 Å². The van der Waals surface area contributed by atoms with Gasteiger partial charge in [0, 0.05) is 0 Å². The Morgan fingerprint density at radius 1 is 0.800 bits per heavy atom. The van der Waals surface area contributed by atoms with Crippen molar-refractivity contribution in [1.82, 2.24) is 0 Å². The average Bonchev–Trinajstić information content (AvgIpc) is 1.36. The second kappa shape index (κ2) is 16.0. The Kier molecular flexibility index (Phi) is 51.9. The van der Waals surface area contributed by atoms with Crippen LogP contribution in [0.3, 0.4) is 0 Å². The molecule has 0 radical (unpaired) electrons. The van der Waals surface area contributed by atoms with E-state index in [9.17, 15) is 0 Å². The number of aliphatic carboxylic acids is 2. The molecule has 10 heavy (non-hydrogen) atoms. The molecule has 0 aromatic heterocycles. The van der Waals surface area contributed by atoms with Gasteiger partial charge in [-0.1, -0.05) is 0 Å². The van der Waals surface area contributed by atoms with Crippen LogP contribution in [0, 0.1) is 14.9 Å². The van der Waals surface area contributed by atoms with Crippen LogP contribution >= 0.6 is 0 Å². The van der Waals surface area contributed by atoms with Crippen LogP contribution in [-0.4, -0.2) is 22.2 Å². The molecule has 0 aromatic carbocycles. The van der Waals surface area contributed by atoms with Crippen LogP contribution in [0.4, 0.5) is 0 Å². The van der Waals surface area contributed by atoms with E-state index in [-0.39, 0.29) is 49.0 Å². The molecule has 0 aliphatic heterocycles. The van der Waals surface area contributed by atoms with E-state index in [2.05, 4.69) is 0 Å². The van der Waals surface area contributed by atoms with Crippen LogP contribution in [0.15, 0.2) is 0 Å². The fourth-order valence-corrected chi connectivity index (χ4v) is 0. The van der Waals surface area contributed by atoms with E-state index in [0.29, 0.717) is 0 Å². The minimum atomic E-state index is -1.82. The molecule has 6 heteroatoms. The molecule has 0 unspecified atom stereocenters. The predicted octanol–water partition coefficient (Wildman–Crippen LogP) is 0.0512. The Morgan fingerprint density at radius 3 is 0.900 bits per heavy atom. The number of hydrogen-bond donors (Lipinski definition) is 2. The van der Waals surface area contributed by atoms with E-state index in [4.69, 9.17) is 19.8 Å². The Hall–Kier alpha value is -0.0210. The summed E-state index contributed by atoms with van der Waals surface area (Å²) in [6, 6.07) is 0. The second-order valence-corrected chi connectivity index (χ2v) is 0.610. The van der Waals surface area contributed by atoms with E-state index >= 15 is 0 Å². The van der Waals surface area contributed by atoms with Crippen LogP contribution in [0.1, 0.15) is 0 Å². The first-order valence-electron chi connectivity index (χ1n) is 1.11. The summed E-state index contributed by atoms with van der Waals surface area (Å²) in [7, 11) is 0. The van der Waals surface area contributed by atoms with Gasteiger partial charge in [0.2, 0.25) is 0 Å². The molecule has 2 N–H and O–H groups in total. The van der Waals surface area contributed by atoms with Crippen LogP contribution in [-0.2, 0) is 43.7 Å². The molecule has 0 aromatic rings. The zero-order chi connectivity index (χ0) is 5.15. The summed E-state index contributed by atoms with van der Waals surface area (Å²) in [6.07, 6.45) is 0. The standard InChI is InChI=1S/C2H2O4.2CH3.2Cu/c3-1(4)2(5)6;;;;/h(H,3,4)(H,5,6);2*1H3;;/q;2*-1;2*+1. The molecule has 0 aliphatic carbocycles. The number of carboxylic acid groups (broad SMARTS) is 2. The van der Waals surface area contributed by atoms with Gasteiger partial charge in [-0.2, -0.15) is 0 Å². The van der Waals surface area contributed by atoms with Crippen molar-refractivity contribution in [1.29, 1.82) is 0 Å². The third-order valence-electron chi connectivity index (χ3n) is 0.183. The first-order chi connectivity index (χ1) is 2.64. The van der Waals surface area contributed by atoms with Crippen LogP contribution in [0.25, 0.3) is 0 Å². The number of carboxylic acids is 2. The minimum absolute atomic E-state index is 0. The third kappa shape index (κ3) is 24.5. The topological polar surface area (TPSA) is 74.6 Å². The van der Waals surface area contributed by atoms with Gasteiger partial charge in [0.15, 0.2) is 0 Å². The summed E-state index contributed by atoms with van der Waals surface area (Å²) < 4.78 is 0. The molecule has 4 nitrogen and oxygen atoms in total. The Bertz CT molecular complexity index is 81.3. The fourth-order valence-electron chi connectivity index (χ4n) is 0. The molecule has 0 atom stereocenters. The number of hydrogen-bond acceptors (Lipinski definition) is 2. The zero-order valence-electron chi connectivity index (χ0n) is 5.31. The van der Waals surface area contributed by atoms with Crippen molar-refractivity contribution < 1.29 is 53.9 Å². The van der Waals surface area contributed by atoms with Crippen LogP contribution in [0.5, 0.6) is 0 Å². The van der Waals surface area contributed by atoms with Gasteiger partial charge >= 0.3 is 46.1 Å². The number of carbonyl (C=O) groups is 2. The number of rotatable bonds is 0. The largest absolute Gasteiger partial charge is 1.00 e. The van der Waals surface area contributed by atoms with E-state index in [0.717, 1.165) is 0 Å². The molecule has 0 fully saturated rings. The van der Waals surface area contributed by atoms with E-state index in [1.165, 1.54) is 0 Å². The summed E-state index contributed by atoms with van der Waals surface area (Å²) >= 11 is 0. The Labute approximate surface area is 80.9 Å². The van der Waals surface area contributed by atoms with Crippen molar-refractivity contribution in [3.63, 3.8) is 0 Å². The molecule has 70 valence electrons. The first kappa shape index (κ1) is 32.5. The molecule has 0 saturated heterocycles. The average molecular weight is 247 g/mol. The minimum Gasteiger partial charge on any atom is -0.473 e. The van der Waals surface area contributed by atoms with Crippen molar-refractivity contribution in [2.75, 3.05) is 0 Å². The molecule has 0 amide bonds. The summed E-state index contributed by atoms with van der Waals surface area (Å²) in [5.74, 6) is -3.65. The quantitative estimate of drug-likeness (QED) is 0.360. The van der Waals surface area contributed by atoms with E-state index < -0.39 is 11.9 Å². The SMILES string of the molecule is O=C(O)C(=O)O.[CH3-].[CH3-].[Cu+].[Cu+]. The predicted molar refractivity (Wildman–Crippen MR) is 28.1 cm³/mol. The van der Waals surface area contributed by atoms with Crippen molar-refractivity contribution in [2.24, 2.45) is 0 Å². The summed E-state index contributed by atoms with van der Waals surface area (Å²) in [6.45, 7) is 0. The Morgan fingerprint density at radius 2 is 0.900 bits per heavy atom. The molecule has 0 bridgehead atoms. The summed E-state index contributed by atoms with van der Waals surface area (Å²) in [4.78, 5) is 18.2. The summed E-state index contributed by atoms with van der Waals surface area (Å²) in [5.41, 5.74) is 0. The maximum Gasteiger partial charge on any atom is 1.00 e. The molecule has 0 aliphatic rings. The molecule has 0 spiro atoms. The normalized spacial score (nSPS) is 4.40. The maximum absolute atomic E-state index is 9.10. The third-order valence-corrected chi connectivity index (χ3v) is 0.183. The van der Waals surface area contributed by atoms with Gasteiger partial charge < -0.3 is 25.1 Å². The molecular weight excluding hydrogens is 239 g/mol. The van der Waals surface area contributed by atoms with Crippen molar-refractivity contribution in [2.45, 2.75) is 0 Å². The second-order valence-electron chi connectivity index (χ2n) is 0.610. The molecule has 0 heterocycles. The van der Waals surface area contributed by atoms with Gasteiger partial charge in [-0.25, -0.2) is 9.59 Å². The maximum atomic E-state index is 9.10. The monoisotopic (exact) mass is 246 g/mol. The van der Waals surface area contributed by atoms with E-state index in [1.54, 1.807) is 0 Å². The zero-order valence-corrected chi connectivity index (χ0v) is 7.20. The van der Waals surface area contributed by atoms with Crippen LogP contribution in [0.2, 0.25) is 0 Å². The van der Waals surface area contributed by atoms with E-state index in [1.807, 2.05) is 0 Å². The first-order valence-corrected chi connectivity index (χ1v) is 1.11. The Balaban J connectivity index is -0.0000000208. The van der Waals surface area contributed by atoms with Crippen molar-refractivity contribution >= 4 is 11.9 Å². The van der Waals surface area contributed by atoms with Gasteiger partial charge in [0.25, 0.3) is 0 Å². The van der Waals surface area contributed by atoms with Crippen molar-refractivity contribution in [3.05, 3.63) is 14.9 Å². The molecule has 0 saturated carbocycles. The van der Waals surface area contributed by atoms with Gasteiger partial charge in [-0.15, -0.1) is 0 Å². The van der Waals surface area contributed by atoms with Gasteiger partial charge in [-0.05, 0) is 0 Å². The smallest absolute Gasteiger partial charge is 0.473 e. The van der Waals surface area contributed by atoms with Gasteiger partial charge in [0.05, 0.1) is 0 Å².